The molecule has 0 aliphatic heterocycles. The van der Waals surface area contributed by atoms with Crippen LogP contribution in [-0.2, 0) is 19.1 Å². The second-order valence-corrected chi connectivity index (χ2v) is 27.2. The van der Waals surface area contributed by atoms with E-state index in [-0.39, 0.29) is 25.2 Å². The first-order chi connectivity index (χ1) is 42.1. The monoisotopic (exact) mass is 1200 g/mol. The molecular weight excluding hydrogens is 1040 g/mol. The van der Waals surface area contributed by atoms with Crippen LogP contribution in [0.1, 0.15) is 457 Å². The normalized spacial score (nSPS) is 12.2. The van der Waals surface area contributed by atoms with Crippen molar-refractivity contribution in [2.45, 2.75) is 463 Å². The van der Waals surface area contributed by atoms with Gasteiger partial charge in [-0.05, 0) is 44.9 Å². The lowest BCUT2D eigenvalue weighted by molar-refractivity contribution is -0.161. The van der Waals surface area contributed by atoms with E-state index >= 15 is 0 Å². The van der Waals surface area contributed by atoms with E-state index in [0.717, 1.165) is 38.5 Å². The van der Waals surface area contributed by atoms with Crippen LogP contribution >= 0.6 is 0 Å². The highest BCUT2D eigenvalue weighted by atomic mass is 16.6. The Morgan fingerprint density at radius 3 is 0.694 bits per heavy atom. The van der Waals surface area contributed by atoms with Crippen molar-refractivity contribution in [2.24, 2.45) is 0 Å². The molecule has 0 aliphatic rings. The first-order valence-corrected chi connectivity index (χ1v) is 39.4. The maximum Gasteiger partial charge on any atom is 0.306 e. The second-order valence-electron chi connectivity index (χ2n) is 27.2. The number of esters is 2. The molecule has 0 bridgehead atoms. The van der Waals surface area contributed by atoms with Crippen LogP contribution in [-0.4, -0.2) is 36.4 Å². The van der Waals surface area contributed by atoms with Gasteiger partial charge in [0.1, 0.15) is 6.61 Å². The summed E-state index contributed by atoms with van der Waals surface area (Å²) < 4.78 is 10.8. The third-order valence-electron chi connectivity index (χ3n) is 18.5. The molecule has 504 valence electrons. The van der Waals surface area contributed by atoms with Gasteiger partial charge in [-0.1, -0.05) is 423 Å². The lowest BCUT2D eigenvalue weighted by Crippen LogP contribution is -2.28. The van der Waals surface area contributed by atoms with Crippen molar-refractivity contribution in [3.05, 3.63) is 24.3 Å². The first kappa shape index (κ1) is 83.4. The van der Waals surface area contributed by atoms with E-state index in [0.29, 0.717) is 12.8 Å². The number of ether oxygens (including phenoxy) is 2. The van der Waals surface area contributed by atoms with Crippen LogP contribution in [0.15, 0.2) is 24.3 Å². The minimum Gasteiger partial charge on any atom is -0.462 e. The fourth-order valence-corrected chi connectivity index (χ4v) is 12.6. The zero-order valence-corrected chi connectivity index (χ0v) is 58.2. The summed E-state index contributed by atoms with van der Waals surface area (Å²) in [5.41, 5.74) is 0. The zero-order chi connectivity index (χ0) is 61.2. The van der Waals surface area contributed by atoms with Crippen molar-refractivity contribution in [3.8, 4) is 0 Å². The molecule has 85 heavy (non-hydrogen) atoms. The van der Waals surface area contributed by atoms with Crippen molar-refractivity contribution < 1.29 is 24.2 Å². The molecule has 0 heterocycles. The molecule has 0 aromatic carbocycles. The minimum atomic E-state index is -0.769. The molecule has 0 radical (unpaired) electrons. The summed E-state index contributed by atoms with van der Waals surface area (Å²) in [6.07, 6.45) is 101. The van der Waals surface area contributed by atoms with Gasteiger partial charge >= 0.3 is 11.9 Å². The Morgan fingerprint density at radius 1 is 0.271 bits per heavy atom. The second kappa shape index (κ2) is 76.6. The largest absolute Gasteiger partial charge is 0.462 e. The van der Waals surface area contributed by atoms with Crippen LogP contribution in [0.3, 0.4) is 0 Å². The lowest BCUT2D eigenvalue weighted by atomic mass is 10.0. The van der Waals surface area contributed by atoms with Crippen LogP contribution in [0.2, 0.25) is 0 Å². The molecule has 5 heteroatoms. The number of hydrogen-bond donors (Lipinski definition) is 1. The zero-order valence-electron chi connectivity index (χ0n) is 58.2. The van der Waals surface area contributed by atoms with Crippen molar-refractivity contribution in [2.75, 3.05) is 13.2 Å². The van der Waals surface area contributed by atoms with Crippen molar-refractivity contribution in [3.63, 3.8) is 0 Å². The first-order valence-electron chi connectivity index (χ1n) is 39.4. The van der Waals surface area contributed by atoms with Crippen LogP contribution in [0.4, 0.5) is 0 Å². The van der Waals surface area contributed by atoms with E-state index in [2.05, 4.69) is 38.2 Å². The molecule has 1 atom stereocenters. The highest BCUT2D eigenvalue weighted by Gasteiger charge is 2.16. The van der Waals surface area contributed by atoms with Gasteiger partial charge in [-0.2, -0.15) is 0 Å². The smallest absolute Gasteiger partial charge is 0.306 e. The van der Waals surface area contributed by atoms with E-state index in [4.69, 9.17) is 9.47 Å². The third-order valence-corrected chi connectivity index (χ3v) is 18.5. The summed E-state index contributed by atoms with van der Waals surface area (Å²) in [5.74, 6) is -0.560. The molecule has 5 nitrogen and oxygen atoms in total. The predicted octanol–water partition coefficient (Wildman–Crippen LogP) is 27.5. The van der Waals surface area contributed by atoms with Gasteiger partial charge in [0.05, 0.1) is 6.61 Å². The summed E-state index contributed by atoms with van der Waals surface area (Å²) in [4.78, 5) is 24.7. The van der Waals surface area contributed by atoms with Gasteiger partial charge < -0.3 is 14.6 Å². The van der Waals surface area contributed by atoms with Gasteiger partial charge in [0.15, 0.2) is 6.10 Å². The molecule has 0 aromatic heterocycles. The minimum absolute atomic E-state index is 0.0573. The Bertz CT molecular complexity index is 1310. The fraction of sp³-hybridized carbons (Fsp3) is 0.925. The van der Waals surface area contributed by atoms with Crippen LogP contribution in [0.5, 0.6) is 0 Å². The number of carbonyl (C=O) groups is 2. The van der Waals surface area contributed by atoms with E-state index in [9.17, 15) is 14.7 Å². The quantitative estimate of drug-likeness (QED) is 0.0373. The molecule has 0 rings (SSSR count). The highest BCUT2D eigenvalue weighted by molar-refractivity contribution is 5.70. The molecule has 1 N–H and O–H groups in total. The molecule has 1 unspecified atom stereocenters. The van der Waals surface area contributed by atoms with Gasteiger partial charge in [0.2, 0.25) is 0 Å². The van der Waals surface area contributed by atoms with Crippen LogP contribution < -0.4 is 0 Å². The molecule has 0 saturated carbocycles. The number of rotatable bonds is 75. The van der Waals surface area contributed by atoms with Crippen molar-refractivity contribution in [1.82, 2.24) is 0 Å². The van der Waals surface area contributed by atoms with Gasteiger partial charge in [-0.15, -0.1) is 0 Å². The third kappa shape index (κ3) is 74.8. The summed E-state index contributed by atoms with van der Waals surface area (Å²) >= 11 is 0. The average Bonchev–Trinajstić information content (AvgIpc) is 3.52. The predicted molar refractivity (Wildman–Crippen MR) is 376 cm³/mol. The Balaban J connectivity index is 3.35. The molecule has 0 saturated heterocycles. The van der Waals surface area contributed by atoms with E-state index in [1.54, 1.807) is 0 Å². The van der Waals surface area contributed by atoms with Gasteiger partial charge in [0, 0.05) is 12.8 Å². The summed E-state index contributed by atoms with van der Waals surface area (Å²) in [6.45, 7) is 4.21. The fourth-order valence-electron chi connectivity index (χ4n) is 12.6. The van der Waals surface area contributed by atoms with E-state index in [1.807, 2.05) is 0 Å². The average molecular weight is 1200 g/mol. The number of aliphatic hydroxyl groups is 1. The molecular formula is C80H154O5. The van der Waals surface area contributed by atoms with E-state index in [1.165, 1.54) is 392 Å². The summed E-state index contributed by atoms with van der Waals surface area (Å²) in [5, 5.41) is 9.72. The molecule has 0 fully saturated rings. The van der Waals surface area contributed by atoms with Crippen molar-refractivity contribution >= 4 is 11.9 Å². The SMILES string of the molecule is CCCCCCC/C=C\C/C=C\CCCCCCCCCCCCCCCCCCCCCCCC(=O)OC(CO)COC(=O)CCCCCCCCCCCCCCCCCCCCCCCCCCCCCCCCCCCCCCCC. The topological polar surface area (TPSA) is 72.8 Å². The Hall–Kier alpha value is -1.62. The highest BCUT2D eigenvalue weighted by Crippen LogP contribution is 2.20. The van der Waals surface area contributed by atoms with Crippen LogP contribution in [0.25, 0.3) is 0 Å². The maximum atomic E-state index is 12.4. The molecule has 0 aromatic rings. The van der Waals surface area contributed by atoms with Crippen LogP contribution in [0, 0.1) is 0 Å². The lowest BCUT2D eigenvalue weighted by Gasteiger charge is -2.15. The number of hydrogen-bond acceptors (Lipinski definition) is 5. The number of aliphatic hydroxyl groups excluding tert-OH is 1. The Labute approximate surface area is 534 Å². The van der Waals surface area contributed by atoms with Gasteiger partial charge in [-0.25, -0.2) is 0 Å². The number of allylic oxidation sites excluding steroid dienone is 4. The standard InChI is InChI=1S/C80H154O5/c1-3-5-7-9-11-13-15-17-19-21-23-25-27-29-31-33-35-37-38-39-40-41-43-44-46-48-50-52-54-56-58-60-62-64-66-68-70-72-74-79(82)84-77-78(76-81)85-80(83)75-73-71-69-67-65-63-61-59-57-55-53-51-49-47-45-42-36-34-32-30-28-26-24-22-20-18-16-14-12-10-8-6-4-2/h16,18,22,24,78,81H,3-15,17,19-21,23,25-77H2,1-2H3/b18-16-,24-22-. The summed E-state index contributed by atoms with van der Waals surface area (Å²) in [7, 11) is 0. The molecule has 0 aliphatic carbocycles. The Kier molecular flexibility index (Phi) is 75.2. The maximum absolute atomic E-state index is 12.4. The molecule has 0 amide bonds. The van der Waals surface area contributed by atoms with Gasteiger partial charge in [-0.3, -0.25) is 9.59 Å². The molecule has 0 spiro atoms. The summed E-state index contributed by atoms with van der Waals surface area (Å²) in [6, 6.07) is 0. The van der Waals surface area contributed by atoms with E-state index < -0.39 is 6.10 Å². The van der Waals surface area contributed by atoms with Crippen molar-refractivity contribution in [1.29, 1.82) is 0 Å². The number of carbonyl (C=O) groups excluding carboxylic acids is 2. The number of unbranched alkanes of at least 4 members (excludes halogenated alkanes) is 63. The Morgan fingerprint density at radius 2 is 0.471 bits per heavy atom. The van der Waals surface area contributed by atoms with Gasteiger partial charge in [0.25, 0.3) is 0 Å².